The molecule has 3 rings (SSSR count). The summed E-state index contributed by atoms with van der Waals surface area (Å²) in [7, 11) is 1.58. The Hall–Kier alpha value is -0.590. The first-order valence-electron chi connectivity index (χ1n) is 7.17. The summed E-state index contributed by atoms with van der Waals surface area (Å²) in [5, 5.41) is 4.53. The zero-order valence-electron chi connectivity index (χ0n) is 11.8. The Labute approximate surface area is 133 Å². The van der Waals surface area contributed by atoms with Crippen LogP contribution in [-0.4, -0.2) is 20.9 Å². The molecule has 1 aromatic heterocycles. The quantitative estimate of drug-likeness (QED) is 0.851. The number of nitrogens with one attached hydrogen (secondary N) is 1. The van der Waals surface area contributed by atoms with Crippen LogP contribution < -0.4 is 5.32 Å². The number of fused-ring (bicyclic) bond motifs is 2. The van der Waals surface area contributed by atoms with E-state index in [4.69, 9.17) is 10.7 Å². The van der Waals surface area contributed by atoms with Gasteiger partial charge in [-0.15, -0.1) is 11.3 Å². The van der Waals surface area contributed by atoms with E-state index in [1.165, 1.54) is 25.7 Å². The van der Waals surface area contributed by atoms with Crippen molar-refractivity contribution in [1.29, 1.82) is 0 Å². The van der Waals surface area contributed by atoms with Gasteiger partial charge >= 0.3 is 0 Å². The lowest BCUT2D eigenvalue weighted by Crippen LogP contribution is -2.31. The number of halogens is 1. The zero-order chi connectivity index (χ0) is 15.2. The van der Waals surface area contributed by atoms with Gasteiger partial charge < -0.3 is 5.32 Å². The van der Waals surface area contributed by atoms with E-state index in [1.54, 1.807) is 12.3 Å². The summed E-state index contributed by atoms with van der Waals surface area (Å²) in [4.78, 5) is 12.2. The second kappa shape index (κ2) is 5.56. The standard InChI is InChI=1S/C14H18ClNO3S2/c1-8-12(7-20-14(8)21(15,18)19)13(17)16-6-11-5-9-2-3-10(11)4-9/h7,9-11H,2-6H2,1H3,(H,16,17). The Kier molecular flexibility index (Phi) is 4.05. The molecular weight excluding hydrogens is 330 g/mol. The molecule has 1 amide bonds. The summed E-state index contributed by atoms with van der Waals surface area (Å²) < 4.78 is 22.8. The van der Waals surface area contributed by atoms with Crippen molar-refractivity contribution in [3.63, 3.8) is 0 Å². The van der Waals surface area contributed by atoms with E-state index in [0.29, 0.717) is 23.6 Å². The van der Waals surface area contributed by atoms with Crippen molar-refractivity contribution >= 4 is 37.0 Å². The molecule has 4 nitrogen and oxygen atoms in total. The molecule has 2 aliphatic carbocycles. The molecule has 7 heteroatoms. The van der Waals surface area contributed by atoms with Crippen LogP contribution >= 0.6 is 22.0 Å². The largest absolute Gasteiger partial charge is 0.352 e. The smallest absolute Gasteiger partial charge is 0.271 e. The molecule has 1 N–H and O–H groups in total. The summed E-state index contributed by atoms with van der Waals surface area (Å²) in [6, 6.07) is 0. The van der Waals surface area contributed by atoms with Crippen molar-refractivity contribution in [1.82, 2.24) is 5.32 Å². The third kappa shape index (κ3) is 2.98. The molecule has 0 aromatic carbocycles. The Morgan fingerprint density at radius 2 is 2.19 bits per heavy atom. The monoisotopic (exact) mass is 347 g/mol. The third-order valence-electron chi connectivity index (χ3n) is 4.87. The fraction of sp³-hybridized carbons (Fsp3) is 0.643. The Balaban J connectivity index is 1.65. The second-order valence-corrected chi connectivity index (χ2v) is 9.79. The van der Waals surface area contributed by atoms with Crippen LogP contribution in [0.4, 0.5) is 0 Å². The average molecular weight is 348 g/mol. The van der Waals surface area contributed by atoms with E-state index in [2.05, 4.69) is 5.32 Å². The molecule has 2 saturated carbocycles. The normalized spacial score (nSPS) is 28.0. The molecule has 21 heavy (non-hydrogen) atoms. The fourth-order valence-electron chi connectivity index (χ4n) is 3.81. The molecule has 3 atom stereocenters. The molecule has 1 heterocycles. The van der Waals surface area contributed by atoms with Crippen molar-refractivity contribution in [2.45, 2.75) is 36.8 Å². The molecule has 2 aliphatic rings. The van der Waals surface area contributed by atoms with Crippen LogP contribution in [0.3, 0.4) is 0 Å². The van der Waals surface area contributed by atoms with E-state index < -0.39 is 9.05 Å². The van der Waals surface area contributed by atoms with Crippen LogP contribution in [0.1, 0.15) is 41.6 Å². The molecule has 2 bridgehead atoms. The van der Waals surface area contributed by atoms with Crippen molar-refractivity contribution in [2.75, 3.05) is 6.54 Å². The van der Waals surface area contributed by atoms with Crippen LogP contribution in [0.2, 0.25) is 0 Å². The zero-order valence-corrected chi connectivity index (χ0v) is 14.2. The maximum Gasteiger partial charge on any atom is 0.271 e. The number of carbonyl (C=O) groups is 1. The Morgan fingerprint density at radius 3 is 2.71 bits per heavy atom. The van der Waals surface area contributed by atoms with E-state index in [0.717, 1.165) is 23.2 Å². The Morgan fingerprint density at radius 1 is 1.43 bits per heavy atom. The average Bonchev–Trinajstić information content (AvgIpc) is 3.09. The van der Waals surface area contributed by atoms with Gasteiger partial charge in [0.25, 0.3) is 15.0 Å². The minimum Gasteiger partial charge on any atom is -0.352 e. The van der Waals surface area contributed by atoms with Gasteiger partial charge in [0, 0.05) is 22.6 Å². The fourth-order valence-corrected chi connectivity index (χ4v) is 6.36. The van der Waals surface area contributed by atoms with Crippen molar-refractivity contribution < 1.29 is 13.2 Å². The van der Waals surface area contributed by atoms with Crippen molar-refractivity contribution in [2.24, 2.45) is 17.8 Å². The second-order valence-electron chi connectivity index (χ2n) is 6.14. The number of amides is 1. The summed E-state index contributed by atoms with van der Waals surface area (Å²) >= 11 is 1.00. The van der Waals surface area contributed by atoms with Gasteiger partial charge in [-0.3, -0.25) is 4.79 Å². The number of carbonyl (C=O) groups excluding carboxylic acids is 1. The molecule has 1 aromatic rings. The van der Waals surface area contributed by atoms with Crippen LogP contribution in [-0.2, 0) is 9.05 Å². The van der Waals surface area contributed by atoms with Gasteiger partial charge in [0.05, 0.1) is 5.56 Å². The molecule has 2 fully saturated rings. The van der Waals surface area contributed by atoms with E-state index in [9.17, 15) is 13.2 Å². The minimum absolute atomic E-state index is 0.0641. The summed E-state index contributed by atoms with van der Waals surface area (Å²) in [5.41, 5.74) is 0.864. The maximum atomic E-state index is 12.2. The molecule has 3 unspecified atom stereocenters. The minimum atomic E-state index is -3.77. The lowest BCUT2D eigenvalue weighted by atomic mass is 9.89. The van der Waals surface area contributed by atoms with Gasteiger partial charge in [-0.05, 0) is 49.5 Å². The van der Waals surface area contributed by atoms with Crippen LogP contribution in [0.25, 0.3) is 0 Å². The predicted octanol–water partition coefficient (Wildman–Crippen LogP) is 3.15. The van der Waals surface area contributed by atoms with Crippen LogP contribution in [0.15, 0.2) is 9.59 Å². The first-order chi connectivity index (χ1) is 9.86. The van der Waals surface area contributed by atoms with Crippen molar-refractivity contribution in [3.8, 4) is 0 Å². The van der Waals surface area contributed by atoms with E-state index >= 15 is 0 Å². The number of thiophene rings is 1. The molecule has 0 radical (unpaired) electrons. The van der Waals surface area contributed by atoms with Gasteiger partial charge in [-0.2, -0.15) is 0 Å². The predicted molar refractivity (Wildman–Crippen MR) is 83.4 cm³/mol. The highest BCUT2D eigenvalue weighted by Crippen LogP contribution is 2.47. The lowest BCUT2D eigenvalue weighted by molar-refractivity contribution is 0.0941. The van der Waals surface area contributed by atoms with E-state index in [1.807, 2.05) is 0 Å². The molecule has 0 spiro atoms. The van der Waals surface area contributed by atoms with Gasteiger partial charge in [0.15, 0.2) is 0 Å². The topological polar surface area (TPSA) is 63.2 Å². The number of hydrogen-bond acceptors (Lipinski definition) is 4. The van der Waals surface area contributed by atoms with Crippen molar-refractivity contribution in [3.05, 3.63) is 16.5 Å². The highest BCUT2D eigenvalue weighted by Gasteiger charge is 2.39. The Bertz CT molecular complexity index is 668. The molecular formula is C14H18ClNO3S2. The van der Waals surface area contributed by atoms with Gasteiger partial charge in [0.1, 0.15) is 4.21 Å². The summed E-state index contributed by atoms with van der Waals surface area (Å²) in [5.74, 6) is 2.01. The first kappa shape index (κ1) is 15.3. The first-order valence-corrected chi connectivity index (χ1v) is 10.4. The molecule has 0 aliphatic heterocycles. The van der Waals surface area contributed by atoms with Gasteiger partial charge in [-0.25, -0.2) is 8.42 Å². The third-order valence-corrected chi connectivity index (χ3v) is 8.18. The number of hydrogen-bond donors (Lipinski definition) is 1. The van der Waals surface area contributed by atoms with Crippen LogP contribution in [0, 0.1) is 24.7 Å². The van der Waals surface area contributed by atoms with E-state index in [-0.39, 0.29) is 10.1 Å². The summed E-state index contributed by atoms with van der Waals surface area (Å²) in [6.07, 6.45) is 5.16. The maximum absolute atomic E-state index is 12.2. The van der Waals surface area contributed by atoms with Gasteiger partial charge in [-0.1, -0.05) is 6.42 Å². The number of rotatable bonds is 4. The lowest BCUT2D eigenvalue weighted by Gasteiger charge is -2.21. The van der Waals surface area contributed by atoms with Gasteiger partial charge in [0.2, 0.25) is 0 Å². The summed E-state index contributed by atoms with van der Waals surface area (Å²) in [6.45, 7) is 2.32. The highest BCUT2D eigenvalue weighted by molar-refractivity contribution is 8.15. The van der Waals surface area contributed by atoms with Crippen LogP contribution in [0.5, 0.6) is 0 Å². The molecule has 0 saturated heterocycles. The highest BCUT2D eigenvalue weighted by atomic mass is 35.7. The SMILES string of the molecule is Cc1c(C(=O)NCC2CC3CCC2C3)csc1S(=O)(=O)Cl. The molecule has 116 valence electrons.